The van der Waals surface area contributed by atoms with Crippen LogP contribution < -0.4 is 10.1 Å². The van der Waals surface area contributed by atoms with E-state index in [2.05, 4.69) is 5.32 Å². The van der Waals surface area contributed by atoms with Gasteiger partial charge in [0.15, 0.2) is 0 Å². The van der Waals surface area contributed by atoms with Gasteiger partial charge in [-0.2, -0.15) is 0 Å². The first kappa shape index (κ1) is 16.1. The van der Waals surface area contributed by atoms with Gasteiger partial charge in [-0.25, -0.2) is 0 Å². The topological polar surface area (TPSA) is 41.6 Å². The van der Waals surface area contributed by atoms with E-state index in [1.807, 2.05) is 19.2 Å². The molecular weight excluding hydrogens is 288 g/mol. The van der Waals surface area contributed by atoms with Gasteiger partial charge in [-0.3, -0.25) is 4.79 Å². The summed E-state index contributed by atoms with van der Waals surface area (Å²) < 4.78 is 5.59. The Morgan fingerprint density at radius 2 is 2.19 bits per heavy atom. The van der Waals surface area contributed by atoms with Crippen LogP contribution in [0.4, 0.5) is 0 Å². The van der Waals surface area contributed by atoms with E-state index in [4.69, 9.17) is 16.3 Å². The zero-order valence-corrected chi connectivity index (χ0v) is 13.2. The monoisotopic (exact) mass is 310 g/mol. The predicted molar refractivity (Wildman–Crippen MR) is 84.8 cm³/mol. The number of amides is 1. The first-order valence-electron chi connectivity index (χ1n) is 7.51. The van der Waals surface area contributed by atoms with Crippen LogP contribution in [0.15, 0.2) is 24.3 Å². The molecule has 0 radical (unpaired) electrons. The summed E-state index contributed by atoms with van der Waals surface area (Å²) in [7, 11) is 1.83. The molecule has 2 rings (SSSR count). The molecule has 1 aromatic rings. The second-order valence-electron chi connectivity index (χ2n) is 5.45. The summed E-state index contributed by atoms with van der Waals surface area (Å²) in [5.41, 5.74) is 0. The van der Waals surface area contributed by atoms with Crippen molar-refractivity contribution in [2.24, 2.45) is 0 Å². The van der Waals surface area contributed by atoms with Gasteiger partial charge in [-0.15, -0.1) is 0 Å². The van der Waals surface area contributed by atoms with Crippen LogP contribution in [0, 0.1) is 0 Å². The van der Waals surface area contributed by atoms with Gasteiger partial charge in [0.05, 0.1) is 6.54 Å². The van der Waals surface area contributed by atoms with E-state index in [9.17, 15) is 4.79 Å². The van der Waals surface area contributed by atoms with Crippen molar-refractivity contribution in [3.63, 3.8) is 0 Å². The third kappa shape index (κ3) is 5.56. The number of benzene rings is 1. The second-order valence-corrected chi connectivity index (χ2v) is 5.89. The molecule has 0 spiro atoms. The van der Waals surface area contributed by atoms with Crippen molar-refractivity contribution in [3.8, 4) is 5.75 Å². The number of nitrogens with one attached hydrogen (secondary N) is 1. The molecule has 0 aromatic heterocycles. The highest BCUT2D eigenvalue weighted by Crippen LogP contribution is 2.15. The standard InChI is InChI=1S/C16H23ClN2O2/c1-19(16(20)9-6-14-3-2-10-18-14)11-12-21-15-7-4-13(17)5-8-15/h4-5,7-8,14,18H,2-3,6,9-12H2,1H3. The molecule has 0 aliphatic carbocycles. The molecule has 116 valence electrons. The fraction of sp³-hybridized carbons (Fsp3) is 0.562. The maximum absolute atomic E-state index is 12.0. The Morgan fingerprint density at radius 1 is 1.43 bits per heavy atom. The SMILES string of the molecule is CN(CCOc1ccc(Cl)cc1)C(=O)CCC1CCCN1. The Balaban J connectivity index is 1.62. The molecule has 1 aromatic carbocycles. The highest BCUT2D eigenvalue weighted by Gasteiger charge is 2.16. The molecule has 4 nitrogen and oxygen atoms in total. The number of hydrogen-bond donors (Lipinski definition) is 1. The lowest BCUT2D eigenvalue weighted by molar-refractivity contribution is -0.130. The molecule has 1 aliphatic heterocycles. The molecule has 1 amide bonds. The molecule has 5 heteroatoms. The number of likely N-dealkylation sites (N-methyl/N-ethyl adjacent to an activating group) is 1. The zero-order chi connectivity index (χ0) is 15.1. The largest absolute Gasteiger partial charge is 0.492 e. The molecule has 0 saturated carbocycles. The Morgan fingerprint density at radius 3 is 2.86 bits per heavy atom. The van der Waals surface area contributed by atoms with Crippen LogP contribution in [-0.4, -0.2) is 43.6 Å². The predicted octanol–water partition coefficient (Wildman–Crippen LogP) is 2.71. The van der Waals surface area contributed by atoms with Gasteiger partial charge >= 0.3 is 0 Å². The Labute approximate surface area is 131 Å². The average molecular weight is 311 g/mol. The van der Waals surface area contributed by atoms with Crippen molar-refractivity contribution in [1.29, 1.82) is 0 Å². The van der Waals surface area contributed by atoms with E-state index in [1.165, 1.54) is 12.8 Å². The van der Waals surface area contributed by atoms with Gasteiger partial charge in [0, 0.05) is 24.5 Å². The number of rotatable bonds is 7. The molecule has 1 N–H and O–H groups in total. The minimum absolute atomic E-state index is 0.184. The van der Waals surface area contributed by atoms with Crippen LogP contribution >= 0.6 is 11.6 Å². The molecule has 1 fully saturated rings. The minimum atomic E-state index is 0.184. The average Bonchev–Trinajstić information content (AvgIpc) is 3.00. The second kappa shape index (κ2) is 8.25. The molecule has 1 saturated heterocycles. The van der Waals surface area contributed by atoms with Crippen LogP contribution in [0.5, 0.6) is 5.75 Å². The molecule has 1 aliphatic rings. The number of carbonyl (C=O) groups excluding carboxylic acids is 1. The number of hydrogen-bond acceptors (Lipinski definition) is 3. The Kier molecular flexibility index (Phi) is 6.33. The molecule has 0 bridgehead atoms. The van der Waals surface area contributed by atoms with E-state index in [0.717, 1.165) is 18.7 Å². The van der Waals surface area contributed by atoms with Gasteiger partial charge in [-0.1, -0.05) is 11.6 Å². The lowest BCUT2D eigenvalue weighted by Crippen LogP contribution is -2.32. The van der Waals surface area contributed by atoms with E-state index in [1.54, 1.807) is 17.0 Å². The summed E-state index contributed by atoms with van der Waals surface area (Å²) in [4.78, 5) is 13.8. The number of carbonyl (C=O) groups is 1. The van der Waals surface area contributed by atoms with E-state index in [0.29, 0.717) is 30.6 Å². The molecule has 1 atom stereocenters. The van der Waals surface area contributed by atoms with Crippen molar-refractivity contribution < 1.29 is 9.53 Å². The van der Waals surface area contributed by atoms with E-state index >= 15 is 0 Å². The van der Waals surface area contributed by atoms with Crippen molar-refractivity contribution in [2.75, 3.05) is 26.7 Å². The third-order valence-corrected chi connectivity index (χ3v) is 4.06. The molecule has 1 heterocycles. The van der Waals surface area contributed by atoms with Crippen LogP contribution in [0.2, 0.25) is 5.02 Å². The maximum Gasteiger partial charge on any atom is 0.222 e. The van der Waals surface area contributed by atoms with Crippen molar-refractivity contribution in [1.82, 2.24) is 10.2 Å². The summed E-state index contributed by atoms with van der Waals surface area (Å²) in [6.07, 6.45) is 3.95. The molecule has 21 heavy (non-hydrogen) atoms. The fourth-order valence-electron chi connectivity index (χ4n) is 2.45. The summed E-state index contributed by atoms with van der Waals surface area (Å²) >= 11 is 5.81. The van der Waals surface area contributed by atoms with Crippen LogP contribution in [0.3, 0.4) is 0 Å². The van der Waals surface area contributed by atoms with Crippen molar-refractivity contribution in [2.45, 2.75) is 31.7 Å². The van der Waals surface area contributed by atoms with Crippen molar-refractivity contribution in [3.05, 3.63) is 29.3 Å². The molecular formula is C16H23ClN2O2. The van der Waals surface area contributed by atoms with Gasteiger partial charge in [-0.05, 0) is 50.1 Å². The maximum atomic E-state index is 12.0. The van der Waals surface area contributed by atoms with Gasteiger partial charge < -0.3 is 15.0 Å². The van der Waals surface area contributed by atoms with Gasteiger partial charge in [0.2, 0.25) is 5.91 Å². The summed E-state index contributed by atoms with van der Waals surface area (Å²) in [5.74, 6) is 0.957. The summed E-state index contributed by atoms with van der Waals surface area (Å²) in [5, 5.41) is 4.10. The normalized spacial score (nSPS) is 17.7. The number of nitrogens with zero attached hydrogens (tertiary/aromatic N) is 1. The molecule has 1 unspecified atom stereocenters. The summed E-state index contributed by atoms with van der Waals surface area (Å²) in [6.45, 7) is 2.18. The van der Waals surface area contributed by atoms with Crippen LogP contribution in [0.25, 0.3) is 0 Å². The van der Waals surface area contributed by atoms with Gasteiger partial charge in [0.25, 0.3) is 0 Å². The highest BCUT2D eigenvalue weighted by atomic mass is 35.5. The first-order valence-corrected chi connectivity index (χ1v) is 7.88. The van der Waals surface area contributed by atoms with Crippen LogP contribution in [0.1, 0.15) is 25.7 Å². The van der Waals surface area contributed by atoms with Gasteiger partial charge in [0.1, 0.15) is 12.4 Å². The Hall–Kier alpha value is -1.26. The lowest BCUT2D eigenvalue weighted by atomic mass is 10.1. The lowest BCUT2D eigenvalue weighted by Gasteiger charge is -2.18. The minimum Gasteiger partial charge on any atom is -0.492 e. The quantitative estimate of drug-likeness (QED) is 0.842. The van der Waals surface area contributed by atoms with Crippen molar-refractivity contribution >= 4 is 17.5 Å². The number of ether oxygens (including phenoxy) is 1. The fourth-order valence-corrected chi connectivity index (χ4v) is 2.57. The smallest absolute Gasteiger partial charge is 0.222 e. The van der Waals surface area contributed by atoms with Crippen LogP contribution in [-0.2, 0) is 4.79 Å². The Bertz CT molecular complexity index is 444. The summed E-state index contributed by atoms with van der Waals surface area (Å²) in [6, 6.07) is 7.76. The first-order chi connectivity index (χ1) is 10.1. The highest BCUT2D eigenvalue weighted by molar-refractivity contribution is 6.30. The van der Waals surface area contributed by atoms with E-state index < -0.39 is 0 Å². The third-order valence-electron chi connectivity index (χ3n) is 3.80. The number of halogens is 1. The van der Waals surface area contributed by atoms with E-state index in [-0.39, 0.29) is 5.91 Å². The zero-order valence-electron chi connectivity index (χ0n) is 12.5.